The third kappa shape index (κ3) is 7.30. The first-order valence-corrected chi connectivity index (χ1v) is 12.7. The van der Waals surface area contributed by atoms with Gasteiger partial charge in [0.2, 0.25) is 0 Å². The van der Waals surface area contributed by atoms with E-state index in [-0.39, 0.29) is 0 Å². The lowest BCUT2D eigenvalue weighted by molar-refractivity contribution is -0.382. The number of aliphatic carboxylic acids is 1. The van der Waals surface area contributed by atoms with E-state index in [1.54, 1.807) is 0 Å². The Labute approximate surface area is 232 Å². The monoisotopic (exact) mass is 606 g/mol. The SMILES string of the molecule is C[C@@H]1O[C@@H](O[C@H](CO)[C@@H](O)C(=O)O)[C@H](O)[C@H](O[C@@H]2O[C@H](CO)[C@@H](O)[C@H](O[C@H]3O[C@H](CO)[C@H](O)[C@H](O)[C@H]3O)[C@H]2O)[C@H]1O. The number of carbonyl (C=O) groups is 1. The fourth-order valence-electron chi connectivity index (χ4n) is 4.63. The van der Waals surface area contributed by atoms with Crippen molar-refractivity contribution in [3.05, 3.63) is 0 Å². The van der Waals surface area contributed by atoms with Gasteiger partial charge in [0.25, 0.3) is 0 Å². The molecule has 0 amide bonds. The summed E-state index contributed by atoms with van der Waals surface area (Å²) in [4.78, 5) is 11.1. The zero-order valence-electron chi connectivity index (χ0n) is 21.7. The summed E-state index contributed by atoms with van der Waals surface area (Å²) < 4.78 is 32.2. The summed E-state index contributed by atoms with van der Waals surface area (Å²) in [6.07, 6.45) is -29.9. The molecule has 0 aliphatic carbocycles. The highest BCUT2D eigenvalue weighted by atomic mass is 16.8. The second-order valence-corrected chi connectivity index (χ2v) is 9.94. The molecule has 19 heteroatoms. The van der Waals surface area contributed by atoms with E-state index in [0.29, 0.717) is 0 Å². The van der Waals surface area contributed by atoms with Gasteiger partial charge in [0.1, 0.15) is 73.2 Å². The Kier molecular flexibility index (Phi) is 12.1. The third-order valence-electron chi connectivity index (χ3n) is 7.13. The van der Waals surface area contributed by atoms with Gasteiger partial charge in [-0.1, -0.05) is 0 Å². The Morgan fingerprint density at radius 1 is 0.683 bits per heavy atom. The molecule has 3 fully saturated rings. The molecule has 41 heavy (non-hydrogen) atoms. The molecule has 3 saturated heterocycles. The lowest BCUT2D eigenvalue weighted by Gasteiger charge is -2.48. The summed E-state index contributed by atoms with van der Waals surface area (Å²) in [6.45, 7) is -1.35. The van der Waals surface area contributed by atoms with E-state index in [2.05, 4.69) is 0 Å². The molecule has 3 aliphatic rings. The number of hydrogen-bond acceptors (Lipinski definition) is 18. The standard InChI is InChI=1S/C22H38O19/c1-5-9(26)17(15(32)21(36-5)39-8(4-25)12(29)19(34)35)40-22-16(33)18(11(28)7(3-24)38-22)41-20-14(31)13(30)10(27)6(2-23)37-20/h5-18,20-33H,2-4H2,1H3,(H,34,35)/t5-,6+,7+,8+,9-,10-,11+,12+,13-,14+,15+,16+,17+,18-,20+,21-,22-/m0/s1. The van der Waals surface area contributed by atoms with Crippen molar-refractivity contribution in [2.24, 2.45) is 0 Å². The summed E-state index contributed by atoms with van der Waals surface area (Å²) in [6, 6.07) is 0. The van der Waals surface area contributed by atoms with Gasteiger partial charge in [0, 0.05) is 0 Å². The lowest BCUT2D eigenvalue weighted by atomic mass is 9.96. The second kappa shape index (κ2) is 14.5. The highest BCUT2D eigenvalue weighted by Gasteiger charge is 2.53. The van der Waals surface area contributed by atoms with Crippen LogP contribution in [0.4, 0.5) is 0 Å². The molecule has 240 valence electrons. The van der Waals surface area contributed by atoms with Crippen molar-refractivity contribution < 1.29 is 94.5 Å². The summed E-state index contributed by atoms with van der Waals surface area (Å²) in [5.74, 6) is -1.74. The molecule has 12 N–H and O–H groups in total. The average Bonchev–Trinajstić information content (AvgIpc) is 2.94. The molecule has 3 heterocycles. The number of aliphatic hydroxyl groups is 11. The predicted octanol–water partition coefficient (Wildman–Crippen LogP) is -7.71. The van der Waals surface area contributed by atoms with E-state index in [1.807, 2.05) is 0 Å². The first-order chi connectivity index (χ1) is 19.3. The third-order valence-corrected chi connectivity index (χ3v) is 7.13. The van der Waals surface area contributed by atoms with Gasteiger partial charge < -0.3 is 89.7 Å². The van der Waals surface area contributed by atoms with Crippen LogP contribution in [0.25, 0.3) is 0 Å². The van der Waals surface area contributed by atoms with Crippen molar-refractivity contribution in [2.45, 2.75) is 111 Å². The second-order valence-electron chi connectivity index (χ2n) is 9.94. The Hall–Kier alpha value is -1.21. The summed E-state index contributed by atoms with van der Waals surface area (Å²) in [7, 11) is 0. The first-order valence-electron chi connectivity index (χ1n) is 12.7. The van der Waals surface area contributed by atoms with Crippen LogP contribution in [0.15, 0.2) is 0 Å². The molecule has 0 radical (unpaired) electrons. The maximum absolute atomic E-state index is 11.1. The quantitative estimate of drug-likeness (QED) is 0.104. The van der Waals surface area contributed by atoms with Crippen LogP contribution in [0.5, 0.6) is 0 Å². The molecule has 0 unspecified atom stereocenters. The minimum Gasteiger partial charge on any atom is -0.479 e. The lowest BCUT2D eigenvalue weighted by Crippen LogP contribution is -2.66. The average molecular weight is 607 g/mol. The van der Waals surface area contributed by atoms with E-state index < -0.39 is 130 Å². The summed E-state index contributed by atoms with van der Waals surface area (Å²) in [5.41, 5.74) is 0. The molecule has 19 nitrogen and oxygen atoms in total. The zero-order chi connectivity index (χ0) is 30.8. The van der Waals surface area contributed by atoms with Crippen molar-refractivity contribution in [3.8, 4) is 0 Å². The van der Waals surface area contributed by atoms with Gasteiger partial charge >= 0.3 is 5.97 Å². The van der Waals surface area contributed by atoms with Gasteiger partial charge in [-0.25, -0.2) is 4.79 Å². The van der Waals surface area contributed by atoms with Crippen molar-refractivity contribution >= 4 is 5.97 Å². The minimum atomic E-state index is -2.21. The summed E-state index contributed by atoms with van der Waals surface area (Å²) >= 11 is 0. The van der Waals surface area contributed by atoms with Crippen LogP contribution in [-0.2, 0) is 33.2 Å². The van der Waals surface area contributed by atoms with Crippen molar-refractivity contribution in [1.82, 2.24) is 0 Å². The normalized spacial score (nSPS) is 47.1. The molecule has 0 bridgehead atoms. The maximum Gasteiger partial charge on any atom is 0.335 e. The molecule has 0 saturated carbocycles. The van der Waals surface area contributed by atoms with Crippen molar-refractivity contribution in [3.63, 3.8) is 0 Å². The Balaban J connectivity index is 1.79. The minimum absolute atomic E-state index is 0.795. The van der Waals surface area contributed by atoms with Crippen LogP contribution in [0.3, 0.4) is 0 Å². The fraction of sp³-hybridized carbons (Fsp3) is 0.955. The van der Waals surface area contributed by atoms with Crippen LogP contribution < -0.4 is 0 Å². The van der Waals surface area contributed by atoms with E-state index in [0.717, 1.165) is 0 Å². The summed E-state index contributed by atoms with van der Waals surface area (Å²) in [5, 5.41) is 121. The highest BCUT2D eigenvalue weighted by Crippen LogP contribution is 2.33. The number of carboxylic acid groups (broad SMARTS) is 1. The molecule has 0 aromatic rings. The van der Waals surface area contributed by atoms with Crippen molar-refractivity contribution in [2.75, 3.05) is 19.8 Å². The van der Waals surface area contributed by atoms with E-state index >= 15 is 0 Å². The topological polar surface area (TPSA) is 315 Å². The number of carboxylic acids is 1. The van der Waals surface area contributed by atoms with Gasteiger partial charge in [-0.2, -0.15) is 0 Å². The van der Waals surface area contributed by atoms with Crippen LogP contribution in [-0.4, -0.2) is 191 Å². The molecule has 17 atom stereocenters. The molecule has 3 aliphatic heterocycles. The van der Waals surface area contributed by atoms with Gasteiger partial charge in [0.15, 0.2) is 25.0 Å². The molecular formula is C22H38O19. The number of ether oxygens (including phenoxy) is 6. The van der Waals surface area contributed by atoms with Gasteiger partial charge in [-0.15, -0.1) is 0 Å². The van der Waals surface area contributed by atoms with Gasteiger partial charge in [-0.05, 0) is 6.92 Å². The predicted molar refractivity (Wildman–Crippen MR) is 123 cm³/mol. The van der Waals surface area contributed by atoms with Gasteiger partial charge in [0.05, 0.1) is 25.9 Å². The Bertz CT molecular complexity index is 833. The Morgan fingerprint density at radius 2 is 1.17 bits per heavy atom. The maximum atomic E-state index is 11.1. The highest BCUT2D eigenvalue weighted by molar-refractivity contribution is 5.72. The van der Waals surface area contributed by atoms with Crippen LogP contribution in [0.2, 0.25) is 0 Å². The first kappa shape index (κ1) is 34.3. The molecule has 0 spiro atoms. The van der Waals surface area contributed by atoms with Crippen LogP contribution in [0.1, 0.15) is 6.92 Å². The number of rotatable bonds is 11. The van der Waals surface area contributed by atoms with Gasteiger partial charge in [-0.3, -0.25) is 0 Å². The molecular weight excluding hydrogens is 568 g/mol. The largest absolute Gasteiger partial charge is 0.479 e. The smallest absolute Gasteiger partial charge is 0.335 e. The Morgan fingerprint density at radius 3 is 1.68 bits per heavy atom. The number of aliphatic hydroxyl groups excluding tert-OH is 11. The van der Waals surface area contributed by atoms with E-state index in [1.165, 1.54) is 6.92 Å². The van der Waals surface area contributed by atoms with Crippen LogP contribution >= 0.6 is 0 Å². The fourth-order valence-corrected chi connectivity index (χ4v) is 4.63. The number of hydrogen-bond donors (Lipinski definition) is 12. The molecule has 0 aromatic heterocycles. The van der Waals surface area contributed by atoms with Crippen LogP contribution in [0, 0.1) is 0 Å². The van der Waals surface area contributed by atoms with Crippen molar-refractivity contribution in [1.29, 1.82) is 0 Å². The molecule has 3 rings (SSSR count). The van der Waals surface area contributed by atoms with E-state index in [9.17, 15) is 61.0 Å². The zero-order valence-corrected chi connectivity index (χ0v) is 21.7. The molecule has 0 aromatic carbocycles. The van der Waals surface area contributed by atoms with E-state index in [4.69, 9.17) is 33.5 Å².